The molecule has 5 aromatic rings. The van der Waals surface area contributed by atoms with E-state index in [1.54, 1.807) is 72.8 Å². The zero-order valence-corrected chi connectivity index (χ0v) is 44.4. The van der Waals surface area contributed by atoms with Gasteiger partial charge >= 0.3 is 6.18 Å². The molecule has 77 heavy (non-hydrogen) atoms. The van der Waals surface area contributed by atoms with Crippen LogP contribution in [0.5, 0.6) is 11.5 Å². The topological polar surface area (TPSA) is 211 Å². The summed E-state index contributed by atoms with van der Waals surface area (Å²) in [7, 11) is 0. The molecule has 0 radical (unpaired) electrons. The Balaban J connectivity index is 0.803. The number of nitrogens with zero attached hydrogens (tertiary/aromatic N) is 7. The molecule has 8 rings (SSSR count). The van der Waals surface area contributed by atoms with Crippen LogP contribution in [0.4, 0.5) is 24.5 Å². The average molecular weight is 1090 g/mol. The van der Waals surface area contributed by atoms with Crippen LogP contribution in [0.2, 0.25) is 0 Å². The number of nitrogens with one attached hydrogen (secondary N) is 1. The highest BCUT2D eigenvalue weighted by molar-refractivity contribution is 7.81. The number of ether oxygens (including phenoxy) is 4. The number of amides is 4. The van der Waals surface area contributed by atoms with Gasteiger partial charge in [-0.1, -0.05) is 38.1 Å². The van der Waals surface area contributed by atoms with Gasteiger partial charge in [0.15, 0.2) is 5.11 Å². The van der Waals surface area contributed by atoms with Crippen molar-refractivity contribution in [2.45, 2.75) is 84.0 Å². The van der Waals surface area contributed by atoms with E-state index in [1.165, 1.54) is 27.2 Å². The molecule has 0 aliphatic carbocycles. The number of aromatic nitrogens is 1. The molecule has 17 nitrogen and oxygen atoms in total. The van der Waals surface area contributed by atoms with Gasteiger partial charge in [0.05, 0.1) is 88.7 Å². The molecule has 3 atom stereocenters. The molecular weight excluding hydrogens is 1040 g/mol. The third kappa shape index (κ3) is 11.8. The Morgan fingerprint density at radius 3 is 2.25 bits per heavy atom. The van der Waals surface area contributed by atoms with Crippen molar-refractivity contribution in [3.8, 4) is 34.1 Å². The minimum absolute atomic E-state index is 0.0112. The minimum Gasteiger partial charge on any atom is -0.491 e. The van der Waals surface area contributed by atoms with Crippen molar-refractivity contribution in [2.24, 2.45) is 5.92 Å². The van der Waals surface area contributed by atoms with E-state index in [9.17, 15) is 48.0 Å². The van der Waals surface area contributed by atoms with Crippen molar-refractivity contribution in [2.75, 3.05) is 56.0 Å². The first-order valence-corrected chi connectivity index (χ1v) is 26.0. The number of aryl methyl sites for hydroxylation is 1. The van der Waals surface area contributed by atoms with Gasteiger partial charge in [0.1, 0.15) is 42.3 Å². The predicted octanol–water partition coefficient (Wildman–Crippen LogP) is 7.55. The lowest BCUT2D eigenvalue weighted by atomic mass is 10.00. The molecule has 4 amide bonds. The number of hydrogen-bond donors (Lipinski definition) is 2. The van der Waals surface area contributed by atoms with Crippen LogP contribution in [0.1, 0.15) is 78.0 Å². The lowest BCUT2D eigenvalue weighted by molar-refractivity contribution is -0.143. The van der Waals surface area contributed by atoms with E-state index in [1.807, 2.05) is 39.0 Å². The van der Waals surface area contributed by atoms with Gasteiger partial charge in [0.2, 0.25) is 11.8 Å². The van der Waals surface area contributed by atoms with Crippen LogP contribution in [-0.4, -0.2) is 119 Å². The van der Waals surface area contributed by atoms with Gasteiger partial charge in [-0.15, -0.1) is 11.3 Å². The summed E-state index contributed by atoms with van der Waals surface area (Å²) in [5.74, 6) is -1.25. The number of nitriles is 2. The number of anilines is 2. The molecular formula is C55H55F3N8O9S2. The fraction of sp³-hybridized carbons (Fsp3) is 0.382. The fourth-order valence-corrected chi connectivity index (χ4v) is 11.0. The highest BCUT2D eigenvalue weighted by atomic mass is 32.1. The number of thiocarbonyl (C=S) groups is 1. The maximum Gasteiger partial charge on any atom is 0.417 e. The number of thiazole rings is 1. The van der Waals surface area contributed by atoms with Gasteiger partial charge in [-0.05, 0) is 105 Å². The van der Waals surface area contributed by atoms with Crippen LogP contribution in [0.15, 0.2) is 84.4 Å². The number of carbonyl (C=O) groups is 4. The zero-order chi connectivity index (χ0) is 55.3. The second-order valence-electron chi connectivity index (χ2n) is 19.3. The molecule has 0 saturated carbocycles. The molecule has 4 heterocycles. The largest absolute Gasteiger partial charge is 0.491 e. The Morgan fingerprint density at radius 2 is 1.60 bits per heavy atom. The number of aliphatic hydroxyl groups excluding tert-OH is 1. The van der Waals surface area contributed by atoms with Gasteiger partial charge in [-0.25, -0.2) is 4.98 Å². The number of benzene rings is 4. The molecule has 402 valence electrons. The summed E-state index contributed by atoms with van der Waals surface area (Å²) in [6.45, 7) is 10.2. The van der Waals surface area contributed by atoms with Crippen molar-refractivity contribution in [1.82, 2.24) is 20.1 Å². The molecule has 22 heteroatoms. The zero-order valence-electron chi connectivity index (χ0n) is 42.8. The van der Waals surface area contributed by atoms with E-state index in [4.69, 9.17) is 31.2 Å². The normalized spacial score (nSPS) is 17.4. The van der Waals surface area contributed by atoms with Crippen LogP contribution < -0.4 is 24.6 Å². The van der Waals surface area contributed by atoms with E-state index in [-0.39, 0.29) is 93.5 Å². The van der Waals surface area contributed by atoms with Gasteiger partial charge in [-0.2, -0.15) is 23.7 Å². The third-order valence-corrected chi connectivity index (χ3v) is 14.8. The number of halogens is 3. The molecule has 4 aromatic carbocycles. The van der Waals surface area contributed by atoms with Crippen LogP contribution in [0.3, 0.4) is 0 Å². The van der Waals surface area contributed by atoms with Crippen LogP contribution >= 0.6 is 23.6 Å². The monoisotopic (exact) mass is 1090 g/mol. The number of alkyl halides is 3. The Morgan fingerprint density at radius 1 is 0.922 bits per heavy atom. The average Bonchev–Trinajstić information content (AvgIpc) is 4.33. The molecule has 0 bridgehead atoms. The molecule has 0 spiro atoms. The van der Waals surface area contributed by atoms with Gasteiger partial charge in [-0.3, -0.25) is 24.1 Å². The van der Waals surface area contributed by atoms with Crippen LogP contribution in [-0.2, 0) is 43.1 Å². The van der Waals surface area contributed by atoms with Crippen LogP contribution in [0, 0.1) is 35.5 Å². The van der Waals surface area contributed by atoms with Crippen molar-refractivity contribution < 1.29 is 56.4 Å². The predicted molar refractivity (Wildman–Crippen MR) is 282 cm³/mol. The Kier molecular flexibility index (Phi) is 17.0. The lowest BCUT2D eigenvalue weighted by Crippen LogP contribution is -2.55. The summed E-state index contributed by atoms with van der Waals surface area (Å²) in [6.07, 6.45) is -5.76. The number of aliphatic hydroxyl groups is 1. The van der Waals surface area contributed by atoms with E-state index in [0.29, 0.717) is 28.3 Å². The summed E-state index contributed by atoms with van der Waals surface area (Å²) < 4.78 is 64.9. The SMILES string of the molecule is Cc1ncsc1-c1ccc(CNC(=O)[C@@H]2C[C@@H](O)CN2C(=O)[C@H](C(C)C)N2Cc3cccc(C#N)c3C2=O)c(OCCOCCOCCOc2ccc(N3C(=S)N(c4ccc(C#N)c(C(F)(F)F)c4)C(=O)C3(C)C)cc2)c1. The number of carbonyl (C=O) groups excluding carboxylic acids is 4. The molecule has 3 aliphatic heterocycles. The summed E-state index contributed by atoms with van der Waals surface area (Å²) >= 11 is 7.12. The van der Waals surface area contributed by atoms with Crippen molar-refractivity contribution in [3.05, 3.63) is 123 Å². The van der Waals surface area contributed by atoms with Crippen molar-refractivity contribution >= 4 is 63.7 Å². The lowest BCUT2D eigenvalue weighted by Gasteiger charge is -2.35. The number of β-amino-alcohol motifs (C(OH)–C–C–N with tert-alkyl or cyclic N) is 1. The fourth-order valence-electron chi connectivity index (χ4n) is 9.71. The molecule has 0 unspecified atom stereocenters. The highest BCUT2D eigenvalue weighted by Gasteiger charge is 2.51. The molecule has 1 aromatic heterocycles. The maximum atomic E-state index is 14.3. The summed E-state index contributed by atoms with van der Waals surface area (Å²) in [5.41, 5.74) is 2.71. The smallest absolute Gasteiger partial charge is 0.417 e. The van der Waals surface area contributed by atoms with E-state index in [0.717, 1.165) is 33.2 Å². The Bertz CT molecular complexity index is 3160. The quantitative estimate of drug-likeness (QED) is 0.0570. The van der Waals surface area contributed by atoms with Crippen LogP contribution in [0.25, 0.3) is 10.4 Å². The summed E-state index contributed by atoms with van der Waals surface area (Å²) in [4.78, 5) is 66.3. The molecule has 2 N–H and O–H groups in total. The standard InChI is InChI=1S/C55H55F3N8O9S2/c1-32(2)47(64-29-38-8-6-7-36(27-60)46(38)50(64)69)51(70)63-30-41(67)25-44(63)49(68)61-28-37-10-9-34(48-33(3)62-31-77-48)23-45(37)75-22-20-73-18-17-72-19-21-74-42-15-13-39(14-16-42)66-53(76)65(52(71)54(66,4)5)40-12-11-35(26-59)43(24-40)55(56,57)58/h6-16,23-24,31-32,41,44,47,67H,17-22,25,28-30H2,1-5H3,(H,61,68)/t41-,44+,47+/m1/s1. The van der Waals surface area contributed by atoms with E-state index in [2.05, 4.69) is 16.4 Å². The maximum absolute atomic E-state index is 14.3. The van der Waals surface area contributed by atoms with Gasteiger partial charge in [0.25, 0.3) is 11.8 Å². The molecule has 2 saturated heterocycles. The minimum atomic E-state index is -4.82. The Labute approximate surface area is 452 Å². The first-order valence-electron chi connectivity index (χ1n) is 24.7. The van der Waals surface area contributed by atoms with Gasteiger partial charge in [0, 0.05) is 37.3 Å². The summed E-state index contributed by atoms with van der Waals surface area (Å²) in [6, 6.07) is 22.1. The molecule has 2 fully saturated rings. The second-order valence-corrected chi connectivity index (χ2v) is 20.6. The number of hydrogen-bond acceptors (Lipinski definition) is 14. The first-order chi connectivity index (χ1) is 36.7. The Hall–Kier alpha value is -7.47. The molecule has 3 aliphatic rings. The summed E-state index contributed by atoms with van der Waals surface area (Å²) in [5, 5.41) is 32.6. The number of fused-ring (bicyclic) bond motifs is 1. The highest BCUT2D eigenvalue weighted by Crippen LogP contribution is 2.41. The van der Waals surface area contributed by atoms with E-state index < -0.39 is 64.7 Å². The van der Waals surface area contributed by atoms with E-state index >= 15 is 0 Å². The van der Waals surface area contributed by atoms with Crippen molar-refractivity contribution in [1.29, 1.82) is 10.5 Å². The number of rotatable bonds is 20. The third-order valence-electron chi connectivity index (χ3n) is 13.5. The number of likely N-dealkylation sites (tertiary alicyclic amines) is 1. The second kappa shape index (κ2) is 23.4. The van der Waals surface area contributed by atoms with Crippen molar-refractivity contribution in [3.63, 3.8) is 0 Å². The van der Waals surface area contributed by atoms with Gasteiger partial charge < -0.3 is 44.1 Å². The first kappa shape index (κ1) is 55.8.